The minimum Gasteiger partial charge on any atom is -0.481 e. The number of hydrogen-bond donors (Lipinski definition) is 1. The van der Waals surface area contributed by atoms with Gasteiger partial charge in [0.25, 0.3) is 0 Å². The average Bonchev–Trinajstić information content (AvgIpc) is 2.18. The Morgan fingerprint density at radius 2 is 2.62 bits per heavy atom. The zero-order valence-corrected chi connectivity index (χ0v) is 3.93. The second kappa shape index (κ2) is 2.16. The molecule has 1 fully saturated rings. The number of hydrogen-bond acceptors (Lipinski definition) is 1. The summed E-state index contributed by atoms with van der Waals surface area (Å²) in [5.74, 6) is -5.21. The quantitative estimate of drug-likeness (QED) is 0.568. The molecule has 2 nitrogen and oxygen atoms in total. The van der Waals surface area contributed by atoms with Crippen molar-refractivity contribution in [2.45, 2.75) is 25.5 Å². The number of carbonyl (C=O) groups is 1. The predicted molar refractivity (Wildman–Crippen MR) is 29.6 cm³/mol. The van der Waals surface area contributed by atoms with E-state index in [9.17, 15) is 4.79 Å². The lowest BCUT2D eigenvalue weighted by atomic mass is 10.1. The van der Waals surface area contributed by atoms with Crippen molar-refractivity contribution in [2.24, 2.45) is 5.89 Å². The van der Waals surface area contributed by atoms with Crippen molar-refractivity contribution in [2.75, 3.05) is 0 Å². The predicted octanol–water partition coefficient (Wildman–Crippen LogP) is 1.26. The van der Waals surface area contributed by atoms with E-state index in [1.807, 2.05) is 0 Å². The fraction of sp³-hybridized carbons (Fsp3) is 0.833. The van der Waals surface area contributed by atoms with E-state index in [-0.39, 0.29) is 0 Å². The van der Waals surface area contributed by atoms with E-state index >= 15 is 0 Å². The lowest BCUT2D eigenvalue weighted by Gasteiger charge is -1.97. The highest BCUT2D eigenvalue weighted by atomic mass is 16.4. The number of carboxylic acid groups (broad SMARTS) is 1. The van der Waals surface area contributed by atoms with Crippen LogP contribution in [0.3, 0.4) is 0 Å². The van der Waals surface area contributed by atoms with Gasteiger partial charge in [-0.1, -0.05) is 12.7 Å². The van der Waals surface area contributed by atoms with Gasteiger partial charge in [0, 0.05) is 11.0 Å². The first-order valence-electron chi connectivity index (χ1n) is 6.08. The topological polar surface area (TPSA) is 37.3 Å². The first-order valence-corrected chi connectivity index (χ1v) is 2.01. The van der Waals surface area contributed by atoms with Gasteiger partial charge in [0.05, 0.1) is 5.89 Å². The summed E-state index contributed by atoms with van der Waals surface area (Å²) in [6.45, 7) is 0. The highest BCUT2D eigenvalue weighted by Gasteiger charge is 2.20. The van der Waals surface area contributed by atoms with Crippen molar-refractivity contribution in [1.82, 2.24) is 0 Å². The van der Waals surface area contributed by atoms with Gasteiger partial charge in [-0.15, -0.1) is 0 Å². The number of carboxylic acids is 1. The molecule has 0 spiro atoms. The van der Waals surface area contributed by atoms with Crippen molar-refractivity contribution in [3.8, 4) is 0 Å². The SMILES string of the molecule is [2H]C1C([2H])([2H])C([2H])([2H])C([2H])([2H])C1([2H])C(=O)O. The molecule has 1 N–H and O–H groups in total. The normalized spacial score (nSPS) is 80.2. The molecule has 0 saturated heterocycles. The Bertz CT molecular complexity index is 339. The van der Waals surface area contributed by atoms with E-state index < -0.39 is 37.4 Å². The second-order valence-corrected chi connectivity index (χ2v) is 1.26. The fourth-order valence-corrected chi connectivity index (χ4v) is 0.363. The first-order chi connectivity index (χ1) is 6.85. The summed E-state index contributed by atoms with van der Waals surface area (Å²) in [6, 6.07) is 0. The van der Waals surface area contributed by atoms with E-state index in [1.54, 1.807) is 0 Å². The van der Waals surface area contributed by atoms with Crippen LogP contribution < -0.4 is 0 Å². The standard InChI is InChI=1S/C6H10O2/c7-6(8)5-3-1-2-4-5/h5H,1-4H2,(H,7,8)/i1D2,2D2,3D,4D2,5D. The molecular formula is C6H10O2. The monoisotopic (exact) mass is 122 g/mol. The van der Waals surface area contributed by atoms with Crippen molar-refractivity contribution in [3.63, 3.8) is 0 Å². The molecule has 0 aliphatic heterocycles. The van der Waals surface area contributed by atoms with Gasteiger partial charge in [0.1, 0.15) is 0 Å². The van der Waals surface area contributed by atoms with Crippen LogP contribution in [0.5, 0.6) is 0 Å². The minimum absolute atomic E-state index is 2.04. The molecule has 2 atom stereocenters. The summed E-state index contributed by atoms with van der Waals surface area (Å²) in [5, 5.41) is 8.76. The average molecular weight is 122 g/mol. The first kappa shape index (κ1) is 1.31. The Morgan fingerprint density at radius 1 is 1.88 bits per heavy atom. The summed E-state index contributed by atoms with van der Waals surface area (Å²) in [4.78, 5) is 10.8. The summed E-state index contributed by atoms with van der Waals surface area (Å²) in [5.41, 5.74) is 0. The van der Waals surface area contributed by atoms with E-state index in [0.29, 0.717) is 0 Å². The zero-order valence-electron chi connectivity index (χ0n) is 11.9. The Balaban J connectivity index is 3.54. The third-order valence-corrected chi connectivity index (χ3v) is 0.716. The van der Waals surface area contributed by atoms with E-state index in [2.05, 4.69) is 0 Å². The summed E-state index contributed by atoms with van der Waals surface area (Å²) in [7, 11) is 0. The molecule has 1 aliphatic carbocycles. The van der Waals surface area contributed by atoms with Crippen molar-refractivity contribution in [1.29, 1.82) is 0 Å². The maximum atomic E-state index is 10.8. The fourth-order valence-electron chi connectivity index (χ4n) is 0.363. The van der Waals surface area contributed by atoms with E-state index in [4.69, 9.17) is 16.1 Å². The van der Waals surface area contributed by atoms with Gasteiger partial charge in [-0.05, 0) is 12.8 Å². The maximum Gasteiger partial charge on any atom is 0.306 e. The Hall–Kier alpha value is -0.530. The molecule has 0 aromatic rings. The van der Waals surface area contributed by atoms with Gasteiger partial charge < -0.3 is 5.11 Å². The lowest BCUT2D eigenvalue weighted by molar-refractivity contribution is -0.141. The van der Waals surface area contributed by atoms with Gasteiger partial charge in [-0.3, -0.25) is 4.79 Å². The molecule has 2 heteroatoms. The molecule has 0 radical (unpaired) electrons. The van der Waals surface area contributed by atoms with Crippen molar-refractivity contribution in [3.05, 3.63) is 0 Å². The van der Waals surface area contributed by atoms with Crippen LogP contribution in [0.15, 0.2) is 0 Å². The highest BCUT2D eigenvalue weighted by Crippen LogP contribution is 2.24. The largest absolute Gasteiger partial charge is 0.481 e. The highest BCUT2D eigenvalue weighted by molar-refractivity contribution is 5.70. The summed E-state index contributed by atoms with van der Waals surface area (Å²) in [6.07, 6.45) is -11.9. The van der Waals surface area contributed by atoms with Crippen LogP contribution in [-0.2, 0) is 4.79 Å². The van der Waals surface area contributed by atoms with Crippen molar-refractivity contribution < 1.29 is 20.9 Å². The molecule has 1 saturated carbocycles. The Labute approximate surface area is 59.8 Å². The van der Waals surface area contributed by atoms with Gasteiger partial charge in [-0.2, -0.15) is 0 Å². The second-order valence-electron chi connectivity index (χ2n) is 1.26. The third kappa shape index (κ3) is 0.997. The molecule has 46 valence electrons. The summed E-state index contributed by atoms with van der Waals surface area (Å²) >= 11 is 0. The molecule has 0 heterocycles. The Morgan fingerprint density at radius 3 is 2.88 bits per heavy atom. The maximum absolute atomic E-state index is 10.8. The molecule has 1 aliphatic rings. The third-order valence-electron chi connectivity index (χ3n) is 0.716. The molecule has 0 amide bonds. The van der Waals surface area contributed by atoms with Crippen LogP contribution in [0, 0.1) is 5.89 Å². The van der Waals surface area contributed by atoms with E-state index in [0.717, 1.165) is 0 Å². The lowest BCUT2D eigenvalue weighted by Crippen LogP contribution is -2.07. The molecule has 0 aromatic heterocycles. The number of rotatable bonds is 1. The van der Waals surface area contributed by atoms with Crippen LogP contribution in [0.2, 0.25) is 0 Å². The summed E-state index contributed by atoms with van der Waals surface area (Å²) < 4.78 is 58.5. The zero-order chi connectivity index (χ0) is 13.2. The molecular weight excluding hydrogens is 104 g/mol. The van der Waals surface area contributed by atoms with E-state index in [1.165, 1.54) is 0 Å². The van der Waals surface area contributed by atoms with Crippen LogP contribution in [0.25, 0.3) is 0 Å². The molecule has 1 rings (SSSR count). The van der Waals surface area contributed by atoms with Crippen molar-refractivity contribution >= 4 is 5.97 Å². The van der Waals surface area contributed by atoms with Crippen LogP contribution in [-0.4, -0.2) is 11.1 Å². The smallest absolute Gasteiger partial charge is 0.306 e. The van der Waals surface area contributed by atoms with Gasteiger partial charge in [0.2, 0.25) is 0 Å². The van der Waals surface area contributed by atoms with Crippen LogP contribution in [0.4, 0.5) is 0 Å². The van der Waals surface area contributed by atoms with Crippen LogP contribution in [0.1, 0.15) is 36.5 Å². The molecule has 0 bridgehead atoms. The molecule has 2 unspecified atom stereocenters. The minimum atomic E-state index is -3.29. The van der Waals surface area contributed by atoms with Gasteiger partial charge >= 0.3 is 5.97 Å². The number of aliphatic carboxylic acids is 1. The Kier molecular flexibility index (Phi) is 0.353. The molecule has 0 aromatic carbocycles. The van der Waals surface area contributed by atoms with Crippen LogP contribution >= 0.6 is 0 Å². The molecule has 8 heavy (non-hydrogen) atoms. The van der Waals surface area contributed by atoms with Gasteiger partial charge in [0.15, 0.2) is 0 Å². The van der Waals surface area contributed by atoms with Gasteiger partial charge in [-0.25, -0.2) is 0 Å².